The predicted molar refractivity (Wildman–Crippen MR) is 66.7 cm³/mol. The fraction of sp³-hybridized carbons (Fsp3) is 0.273. The van der Waals surface area contributed by atoms with Gasteiger partial charge in [-0.1, -0.05) is 29.4 Å². The van der Waals surface area contributed by atoms with Crippen LogP contribution in [0, 0.1) is 12.7 Å². The number of nitrogens with zero attached hydrogens (tertiary/aromatic N) is 3. The van der Waals surface area contributed by atoms with E-state index in [-0.39, 0.29) is 5.82 Å². The highest BCUT2D eigenvalue weighted by Gasteiger charge is 2.08. The lowest BCUT2D eigenvalue weighted by Gasteiger charge is -2.04. The molecule has 0 N–H and O–H groups in total. The van der Waals surface area contributed by atoms with Crippen molar-refractivity contribution >= 4 is 23.4 Å². The Bertz CT molecular complexity index is 542. The molecule has 0 saturated heterocycles. The summed E-state index contributed by atoms with van der Waals surface area (Å²) in [5.74, 6) is 1.18. The molecule has 0 aliphatic rings. The van der Waals surface area contributed by atoms with Crippen LogP contribution in [0.25, 0.3) is 0 Å². The van der Waals surface area contributed by atoms with E-state index in [2.05, 4.69) is 10.2 Å². The summed E-state index contributed by atoms with van der Waals surface area (Å²) in [6.07, 6.45) is 0. The van der Waals surface area contributed by atoms with Gasteiger partial charge in [0.15, 0.2) is 5.16 Å². The second-order valence-electron chi connectivity index (χ2n) is 3.61. The number of benzene rings is 1. The van der Waals surface area contributed by atoms with Gasteiger partial charge in [-0.05, 0) is 24.6 Å². The number of thioether (sulfide) groups is 1. The summed E-state index contributed by atoms with van der Waals surface area (Å²) in [7, 11) is 1.91. The number of halogens is 2. The van der Waals surface area contributed by atoms with Crippen molar-refractivity contribution in [3.63, 3.8) is 0 Å². The summed E-state index contributed by atoms with van der Waals surface area (Å²) in [5.41, 5.74) is 0.888. The third-order valence-electron chi connectivity index (χ3n) is 2.42. The zero-order chi connectivity index (χ0) is 12.4. The Morgan fingerprint density at radius 2 is 2.18 bits per heavy atom. The standard InChI is InChI=1S/C11H11ClFN3S/c1-7-14-15-11(16(7)2)17-6-8-3-4-9(13)5-10(8)12/h3-5H,6H2,1-2H3. The van der Waals surface area contributed by atoms with Crippen LogP contribution in [-0.2, 0) is 12.8 Å². The maximum atomic E-state index is 12.9. The maximum Gasteiger partial charge on any atom is 0.191 e. The van der Waals surface area contributed by atoms with Crippen LogP contribution < -0.4 is 0 Å². The Balaban J connectivity index is 2.10. The molecule has 0 bridgehead atoms. The summed E-state index contributed by atoms with van der Waals surface area (Å²) >= 11 is 7.47. The first-order valence-corrected chi connectivity index (χ1v) is 6.37. The average molecular weight is 272 g/mol. The predicted octanol–water partition coefficient (Wildman–Crippen LogP) is 3.21. The molecule has 0 atom stereocenters. The molecule has 1 heterocycles. The highest BCUT2D eigenvalue weighted by atomic mass is 35.5. The van der Waals surface area contributed by atoms with Crippen LogP contribution in [0.3, 0.4) is 0 Å². The maximum absolute atomic E-state index is 12.9. The zero-order valence-electron chi connectivity index (χ0n) is 9.44. The van der Waals surface area contributed by atoms with Gasteiger partial charge in [-0.15, -0.1) is 10.2 Å². The molecular weight excluding hydrogens is 261 g/mol. The minimum Gasteiger partial charge on any atom is -0.309 e. The molecule has 17 heavy (non-hydrogen) atoms. The van der Waals surface area contributed by atoms with Gasteiger partial charge in [0, 0.05) is 17.8 Å². The molecule has 0 saturated carbocycles. The number of hydrogen-bond acceptors (Lipinski definition) is 3. The highest BCUT2D eigenvalue weighted by molar-refractivity contribution is 7.98. The second-order valence-corrected chi connectivity index (χ2v) is 4.96. The molecule has 1 aromatic heterocycles. The fourth-order valence-electron chi connectivity index (χ4n) is 1.29. The van der Waals surface area contributed by atoms with Crippen LogP contribution in [0.15, 0.2) is 23.4 Å². The van der Waals surface area contributed by atoms with E-state index < -0.39 is 0 Å². The summed E-state index contributed by atoms with van der Waals surface area (Å²) in [5, 5.41) is 9.26. The summed E-state index contributed by atoms with van der Waals surface area (Å²) < 4.78 is 14.8. The lowest BCUT2D eigenvalue weighted by molar-refractivity contribution is 0.627. The number of rotatable bonds is 3. The molecule has 90 valence electrons. The van der Waals surface area contributed by atoms with Crippen LogP contribution >= 0.6 is 23.4 Å². The largest absolute Gasteiger partial charge is 0.309 e. The Morgan fingerprint density at radius 3 is 2.76 bits per heavy atom. The number of hydrogen-bond donors (Lipinski definition) is 0. The van der Waals surface area contributed by atoms with Crippen molar-refractivity contribution in [1.29, 1.82) is 0 Å². The molecule has 2 rings (SSSR count). The van der Waals surface area contributed by atoms with E-state index in [1.807, 2.05) is 18.5 Å². The fourth-order valence-corrected chi connectivity index (χ4v) is 2.57. The molecule has 0 radical (unpaired) electrons. The Kier molecular flexibility index (Phi) is 3.69. The van der Waals surface area contributed by atoms with Gasteiger partial charge in [-0.25, -0.2) is 4.39 Å². The van der Waals surface area contributed by atoms with E-state index in [4.69, 9.17) is 11.6 Å². The average Bonchev–Trinajstić information content (AvgIpc) is 2.59. The quantitative estimate of drug-likeness (QED) is 0.803. The minimum atomic E-state index is -0.321. The normalized spacial score (nSPS) is 10.8. The van der Waals surface area contributed by atoms with E-state index in [0.29, 0.717) is 10.8 Å². The third-order valence-corrected chi connectivity index (χ3v) is 3.85. The van der Waals surface area contributed by atoms with Gasteiger partial charge in [0.2, 0.25) is 0 Å². The lowest BCUT2D eigenvalue weighted by atomic mass is 10.2. The first-order valence-electron chi connectivity index (χ1n) is 5.00. The lowest BCUT2D eigenvalue weighted by Crippen LogP contribution is -1.94. The molecule has 2 aromatic rings. The van der Waals surface area contributed by atoms with E-state index in [9.17, 15) is 4.39 Å². The molecule has 0 aliphatic carbocycles. The van der Waals surface area contributed by atoms with Crippen LogP contribution in [0.5, 0.6) is 0 Å². The van der Waals surface area contributed by atoms with Crippen molar-refractivity contribution in [2.24, 2.45) is 7.05 Å². The molecule has 0 amide bonds. The Morgan fingerprint density at radius 1 is 1.41 bits per heavy atom. The van der Waals surface area contributed by atoms with Crippen molar-refractivity contribution in [3.05, 3.63) is 40.4 Å². The van der Waals surface area contributed by atoms with E-state index >= 15 is 0 Å². The van der Waals surface area contributed by atoms with Gasteiger partial charge >= 0.3 is 0 Å². The monoisotopic (exact) mass is 271 g/mol. The van der Waals surface area contributed by atoms with Gasteiger partial charge in [-0.3, -0.25) is 0 Å². The second kappa shape index (κ2) is 5.06. The molecule has 1 aromatic carbocycles. The molecule has 0 fully saturated rings. The van der Waals surface area contributed by atoms with Gasteiger partial charge in [0.25, 0.3) is 0 Å². The first-order chi connectivity index (χ1) is 8.08. The van der Waals surface area contributed by atoms with Crippen LogP contribution in [0.2, 0.25) is 5.02 Å². The topological polar surface area (TPSA) is 30.7 Å². The number of aromatic nitrogens is 3. The molecule has 6 heteroatoms. The van der Waals surface area contributed by atoms with Gasteiger partial charge < -0.3 is 4.57 Å². The third kappa shape index (κ3) is 2.79. The van der Waals surface area contributed by atoms with Crippen LogP contribution in [-0.4, -0.2) is 14.8 Å². The summed E-state index contributed by atoms with van der Waals surface area (Å²) in [6.45, 7) is 1.89. The van der Waals surface area contributed by atoms with Gasteiger partial charge in [-0.2, -0.15) is 0 Å². The summed E-state index contributed by atoms with van der Waals surface area (Å²) in [6, 6.07) is 4.41. The minimum absolute atomic E-state index is 0.321. The van der Waals surface area contributed by atoms with Crippen molar-refractivity contribution in [1.82, 2.24) is 14.8 Å². The molecule has 0 aliphatic heterocycles. The van der Waals surface area contributed by atoms with Crippen LogP contribution in [0.1, 0.15) is 11.4 Å². The van der Waals surface area contributed by atoms with Crippen molar-refractivity contribution < 1.29 is 4.39 Å². The van der Waals surface area contributed by atoms with E-state index in [0.717, 1.165) is 16.5 Å². The zero-order valence-corrected chi connectivity index (χ0v) is 11.0. The molecule has 3 nitrogen and oxygen atoms in total. The summed E-state index contributed by atoms with van der Waals surface area (Å²) in [4.78, 5) is 0. The molecule has 0 unspecified atom stereocenters. The van der Waals surface area contributed by atoms with E-state index in [1.54, 1.807) is 6.07 Å². The van der Waals surface area contributed by atoms with Crippen molar-refractivity contribution in [3.8, 4) is 0 Å². The highest BCUT2D eigenvalue weighted by Crippen LogP contribution is 2.26. The molecular formula is C11H11ClFN3S. The smallest absolute Gasteiger partial charge is 0.191 e. The van der Waals surface area contributed by atoms with Gasteiger partial charge in [0.1, 0.15) is 11.6 Å². The molecule has 0 spiro atoms. The number of aryl methyl sites for hydroxylation is 1. The SMILES string of the molecule is Cc1nnc(SCc2ccc(F)cc2Cl)n1C. The Labute approximate surface area is 108 Å². The first kappa shape index (κ1) is 12.4. The van der Waals surface area contributed by atoms with E-state index in [1.165, 1.54) is 23.9 Å². The van der Waals surface area contributed by atoms with Crippen LogP contribution in [0.4, 0.5) is 4.39 Å². The van der Waals surface area contributed by atoms with Crippen molar-refractivity contribution in [2.45, 2.75) is 17.8 Å². The van der Waals surface area contributed by atoms with Crippen molar-refractivity contribution in [2.75, 3.05) is 0 Å². The Hall–Kier alpha value is -1.07. The van der Waals surface area contributed by atoms with Gasteiger partial charge in [0.05, 0.1) is 0 Å².